The molecule has 2 aromatic heterocycles. The van der Waals surface area contributed by atoms with Gasteiger partial charge < -0.3 is 4.90 Å². The highest BCUT2D eigenvalue weighted by Crippen LogP contribution is 2.35. The molecular weight excluding hydrogens is 411 g/mol. The molecule has 0 N–H and O–H groups in total. The van der Waals surface area contributed by atoms with Crippen molar-refractivity contribution in [1.82, 2.24) is 19.7 Å². The molecule has 31 heavy (non-hydrogen) atoms. The summed E-state index contributed by atoms with van der Waals surface area (Å²) in [6, 6.07) is 14.5. The van der Waals surface area contributed by atoms with Crippen LogP contribution in [0.1, 0.15) is 38.0 Å². The molecule has 5 rings (SSSR count). The van der Waals surface area contributed by atoms with Crippen LogP contribution in [0.15, 0.2) is 60.9 Å². The predicted octanol–water partition coefficient (Wildman–Crippen LogP) is 4.78. The molecule has 0 fully saturated rings. The van der Waals surface area contributed by atoms with Crippen LogP contribution in [-0.4, -0.2) is 32.1 Å². The summed E-state index contributed by atoms with van der Waals surface area (Å²) >= 11 is 1.36. The lowest BCUT2D eigenvalue weighted by Crippen LogP contribution is -2.38. The van der Waals surface area contributed by atoms with Crippen molar-refractivity contribution in [2.75, 3.05) is 6.54 Å². The minimum absolute atomic E-state index is 0.0215. The number of nitrogens with zero attached hydrogens (tertiary/aromatic N) is 4. The second-order valence-electron chi connectivity index (χ2n) is 7.82. The number of carbonyl (C=O) groups is 1. The number of thiazole rings is 1. The minimum atomic E-state index is -0.290. The molecule has 1 aliphatic heterocycles. The van der Waals surface area contributed by atoms with E-state index in [9.17, 15) is 9.18 Å². The zero-order valence-corrected chi connectivity index (χ0v) is 18.1. The molecule has 156 valence electrons. The molecule has 4 aromatic rings. The first-order valence-corrected chi connectivity index (χ1v) is 10.9. The Morgan fingerprint density at radius 2 is 1.94 bits per heavy atom. The quantitative estimate of drug-likeness (QED) is 0.468. The Kier molecular flexibility index (Phi) is 4.90. The first-order chi connectivity index (χ1) is 15.0. The molecule has 3 heterocycles. The SMILES string of the molecule is Cc1nc(-c2ccc(F)cc2)sc1C(=O)N1Cc2ccccc2C(c2cnn(C)c2)C1. The van der Waals surface area contributed by atoms with Gasteiger partial charge in [0.1, 0.15) is 15.7 Å². The van der Waals surface area contributed by atoms with Gasteiger partial charge in [-0.25, -0.2) is 9.37 Å². The highest BCUT2D eigenvalue weighted by molar-refractivity contribution is 7.17. The van der Waals surface area contributed by atoms with Crippen LogP contribution in [-0.2, 0) is 13.6 Å². The summed E-state index contributed by atoms with van der Waals surface area (Å²) in [6.45, 7) is 3.01. The third-order valence-electron chi connectivity index (χ3n) is 5.69. The number of fused-ring (bicyclic) bond motifs is 1. The van der Waals surface area contributed by atoms with Crippen molar-refractivity contribution in [1.29, 1.82) is 0 Å². The summed E-state index contributed by atoms with van der Waals surface area (Å²) in [5.41, 5.74) is 5.00. The average molecular weight is 433 g/mol. The molecule has 1 amide bonds. The molecule has 2 aromatic carbocycles. The van der Waals surface area contributed by atoms with Crippen molar-refractivity contribution >= 4 is 17.2 Å². The summed E-state index contributed by atoms with van der Waals surface area (Å²) < 4.78 is 15.1. The zero-order chi connectivity index (χ0) is 21.5. The maximum absolute atomic E-state index is 13.5. The van der Waals surface area contributed by atoms with Gasteiger partial charge in [-0.1, -0.05) is 24.3 Å². The van der Waals surface area contributed by atoms with Crippen LogP contribution >= 0.6 is 11.3 Å². The van der Waals surface area contributed by atoms with Crippen molar-refractivity contribution < 1.29 is 9.18 Å². The van der Waals surface area contributed by atoms with Gasteiger partial charge in [0.15, 0.2) is 0 Å². The van der Waals surface area contributed by atoms with E-state index in [1.807, 2.05) is 43.4 Å². The average Bonchev–Trinajstić information content (AvgIpc) is 3.38. The fourth-order valence-electron chi connectivity index (χ4n) is 4.12. The fraction of sp³-hybridized carbons (Fsp3) is 0.208. The lowest BCUT2D eigenvalue weighted by atomic mass is 9.86. The van der Waals surface area contributed by atoms with Gasteiger partial charge in [0.25, 0.3) is 5.91 Å². The van der Waals surface area contributed by atoms with Crippen molar-refractivity contribution in [3.63, 3.8) is 0 Å². The second-order valence-corrected chi connectivity index (χ2v) is 8.82. The Hall–Kier alpha value is -3.32. The number of carbonyl (C=O) groups excluding carboxylic acids is 1. The van der Waals surface area contributed by atoms with Gasteiger partial charge in [0.05, 0.1) is 11.9 Å². The van der Waals surface area contributed by atoms with Crippen LogP contribution in [0.25, 0.3) is 10.6 Å². The standard InChI is InChI=1S/C24H21FN4OS/c1-15-22(31-23(27-15)16-7-9-19(25)10-8-16)24(30)29-13-17-5-3-4-6-20(17)21(14-29)18-11-26-28(2)12-18/h3-12,21H,13-14H2,1-2H3. The van der Waals surface area contributed by atoms with Crippen LogP contribution in [0.5, 0.6) is 0 Å². The van der Waals surface area contributed by atoms with Crippen molar-refractivity contribution in [3.05, 3.63) is 94.0 Å². The van der Waals surface area contributed by atoms with Gasteiger partial charge in [-0.2, -0.15) is 5.10 Å². The summed E-state index contributed by atoms with van der Waals surface area (Å²) in [5, 5.41) is 5.05. The fourth-order valence-corrected chi connectivity index (χ4v) is 5.16. The van der Waals surface area contributed by atoms with E-state index in [-0.39, 0.29) is 17.6 Å². The number of halogens is 1. The molecule has 1 unspecified atom stereocenters. The van der Waals surface area contributed by atoms with Crippen molar-refractivity contribution in [2.45, 2.75) is 19.4 Å². The van der Waals surface area contributed by atoms with Crippen LogP contribution in [0.2, 0.25) is 0 Å². The van der Waals surface area contributed by atoms with Gasteiger partial charge in [-0.3, -0.25) is 9.48 Å². The number of hydrogen-bond acceptors (Lipinski definition) is 4. The maximum atomic E-state index is 13.5. The number of aryl methyl sites for hydroxylation is 2. The van der Waals surface area contributed by atoms with E-state index >= 15 is 0 Å². The Bertz CT molecular complexity index is 1260. The number of aromatic nitrogens is 3. The van der Waals surface area contributed by atoms with E-state index in [4.69, 9.17) is 0 Å². The molecule has 7 heteroatoms. The van der Waals surface area contributed by atoms with E-state index in [2.05, 4.69) is 22.2 Å². The van der Waals surface area contributed by atoms with Gasteiger partial charge >= 0.3 is 0 Å². The van der Waals surface area contributed by atoms with Crippen LogP contribution in [0.4, 0.5) is 4.39 Å². The highest BCUT2D eigenvalue weighted by Gasteiger charge is 2.31. The molecule has 0 aliphatic carbocycles. The largest absolute Gasteiger partial charge is 0.333 e. The van der Waals surface area contributed by atoms with Crippen LogP contribution < -0.4 is 0 Å². The lowest BCUT2D eigenvalue weighted by molar-refractivity contribution is 0.0729. The molecule has 0 radical (unpaired) electrons. The molecule has 0 bridgehead atoms. The monoisotopic (exact) mass is 432 g/mol. The first-order valence-electron chi connectivity index (χ1n) is 10.1. The summed E-state index contributed by atoms with van der Waals surface area (Å²) in [5.74, 6) is -0.235. The molecular formula is C24H21FN4OS. The van der Waals surface area contributed by atoms with E-state index in [0.717, 1.165) is 21.7 Å². The van der Waals surface area contributed by atoms with Crippen molar-refractivity contribution in [3.8, 4) is 10.6 Å². The van der Waals surface area contributed by atoms with Crippen LogP contribution in [0, 0.1) is 12.7 Å². The second kappa shape index (κ2) is 7.74. The number of hydrogen-bond donors (Lipinski definition) is 0. The molecule has 1 aliphatic rings. The normalized spacial score (nSPS) is 15.7. The molecule has 0 spiro atoms. The predicted molar refractivity (Wildman–Crippen MR) is 118 cm³/mol. The Labute approximate surface area is 183 Å². The van der Waals surface area contributed by atoms with Gasteiger partial charge in [-0.15, -0.1) is 11.3 Å². The smallest absolute Gasteiger partial charge is 0.266 e. The number of amides is 1. The third kappa shape index (κ3) is 3.65. The minimum Gasteiger partial charge on any atom is -0.333 e. The maximum Gasteiger partial charge on any atom is 0.266 e. The van der Waals surface area contributed by atoms with Gasteiger partial charge in [0.2, 0.25) is 0 Å². The Balaban J connectivity index is 1.48. The zero-order valence-electron chi connectivity index (χ0n) is 17.2. The first kappa shape index (κ1) is 19.6. The van der Waals surface area contributed by atoms with E-state index in [0.29, 0.717) is 23.7 Å². The number of benzene rings is 2. The molecule has 0 saturated heterocycles. The van der Waals surface area contributed by atoms with E-state index in [1.165, 1.54) is 29.0 Å². The topological polar surface area (TPSA) is 51.0 Å². The van der Waals surface area contributed by atoms with Gasteiger partial charge in [-0.05, 0) is 47.9 Å². The summed E-state index contributed by atoms with van der Waals surface area (Å²) in [4.78, 5) is 20.6. The van der Waals surface area contributed by atoms with Crippen LogP contribution in [0.3, 0.4) is 0 Å². The summed E-state index contributed by atoms with van der Waals surface area (Å²) in [6.07, 6.45) is 3.89. The molecule has 1 atom stereocenters. The lowest BCUT2D eigenvalue weighted by Gasteiger charge is -2.34. The van der Waals surface area contributed by atoms with Crippen molar-refractivity contribution in [2.24, 2.45) is 7.05 Å². The van der Waals surface area contributed by atoms with E-state index < -0.39 is 0 Å². The molecule has 0 saturated carbocycles. The van der Waals surface area contributed by atoms with E-state index in [1.54, 1.807) is 16.8 Å². The Morgan fingerprint density at radius 1 is 1.16 bits per heavy atom. The van der Waals surface area contributed by atoms with Gasteiger partial charge in [0, 0.05) is 37.8 Å². The summed E-state index contributed by atoms with van der Waals surface area (Å²) in [7, 11) is 1.90. The Morgan fingerprint density at radius 3 is 2.68 bits per heavy atom. The number of rotatable bonds is 3. The molecule has 5 nitrogen and oxygen atoms in total. The third-order valence-corrected chi connectivity index (χ3v) is 6.89. The highest BCUT2D eigenvalue weighted by atomic mass is 32.1.